The highest BCUT2D eigenvalue weighted by Gasteiger charge is 2.13. The molecule has 4 N–H and O–H groups in total. The van der Waals surface area contributed by atoms with Crippen LogP contribution in [-0.2, 0) is 16.7 Å². The predicted molar refractivity (Wildman–Crippen MR) is 67.7 cm³/mol. The molecule has 0 bridgehead atoms. The lowest BCUT2D eigenvalue weighted by molar-refractivity contribution is 0.197. The number of carbonyl (C=O) groups excluding carboxylic acids is 1. The smallest absolute Gasteiger partial charge is 0.332 e. The number of benzene rings is 1. The molecule has 0 radical (unpaired) electrons. The molecule has 8 nitrogen and oxygen atoms in total. The van der Waals surface area contributed by atoms with Crippen molar-refractivity contribution in [2.45, 2.75) is 6.54 Å². The van der Waals surface area contributed by atoms with Crippen molar-refractivity contribution in [3.05, 3.63) is 29.8 Å². The van der Waals surface area contributed by atoms with Crippen LogP contribution >= 0.6 is 0 Å². The summed E-state index contributed by atoms with van der Waals surface area (Å²) in [6.07, 6.45) is 0. The minimum absolute atomic E-state index is 0.0640. The molecule has 9 heteroatoms. The lowest BCUT2D eigenvalue weighted by Gasteiger charge is -2.17. The Labute approximate surface area is 110 Å². The zero-order chi connectivity index (χ0) is 14.5. The van der Waals surface area contributed by atoms with Gasteiger partial charge in [0.25, 0.3) is 10.1 Å². The average molecular weight is 289 g/mol. The highest BCUT2D eigenvalue weighted by molar-refractivity contribution is 7.85. The molecule has 0 spiro atoms. The molecule has 19 heavy (non-hydrogen) atoms. The van der Waals surface area contributed by atoms with Crippen LogP contribution < -0.4 is 15.9 Å². The van der Waals surface area contributed by atoms with Crippen molar-refractivity contribution in [3.63, 3.8) is 0 Å². The summed E-state index contributed by atoms with van der Waals surface area (Å²) in [7, 11) is -2.76. The quantitative estimate of drug-likeness (QED) is 0.302. The van der Waals surface area contributed by atoms with Crippen molar-refractivity contribution in [2.24, 2.45) is 5.84 Å². The van der Waals surface area contributed by atoms with Gasteiger partial charge in [0.05, 0.1) is 13.7 Å². The highest BCUT2D eigenvalue weighted by Crippen LogP contribution is 2.13. The minimum Gasteiger partial charge on any atom is -0.497 e. The van der Waals surface area contributed by atoms with Gasteiger partial charge in [0.2, 0.25) is 0 Å². The van der Waals surface area contributed by atoms with Gasteiger partial charge in [-0.3, -0.25) is 9.56 Å². The van der Waals surface area contributed by atoms with E-state index in [1.165, 1.54) is 7.11 Å². The Balaban J connectivity index is 2.58. The second kappa shape index (κ2) is 6.36. The summed E-state index contributed by atoms with van der Waals surface area (Å²) in [6, 6.07) is 6.08. The molecule has 0 fully saturated rings. The first-order valence-corrected chi connectivity index (χ1v) is 6.81. The molecule has 106 valence electrons. The van der Waals surface area contributed by atoms with E-state index >= 15 is 0 Å². The van der Waals surface area contributed by atoms with E-state index in [4.69, 9.17) is 15.1 Å². The zero-order valence-electron chi connectivity index (χ0n) is 10.2. The van der Waals surface area contributed by atoms with Crippen LogP contribution in [0.25, 0.3) is 0 Å². The van der Waals surface area contributed by atoms with Gasteiger partial charge in [0.1, 0.15) is 11.6 Å². The molecule has 1 aromatic carbocycles. The van der Waals surface area contributed by atoms with Gasteiger partial charge in [-0.25, -0.2) is 10.6 Å². The molecule has 1 rings (SSSR count). The molecule has 0 unspecified atom stereocenters. The molecule has 0 aliphatic heterocycles. The summed E-state index contributed by atoms with van der Waals surface area (Å²) < 4.78 is 34.4. The number of hydrazine groups is 1. The largest absolute Gasteiger partial charge is 0.497 e. The van der Waals surface area contributed by atoms with Crippen molar-refractivity contribution in [3.8, 4) is 5.75 Å². The van der Waals surface area contributed by atoms with Crippen molar-refractivity contribution in [2.75, 3.05) is 13.0 Å². The number of hydrogen-bond acceptors (Lipinski definition) is 5. The topological polar surface area (TPSA) is 122 Å². The van der Waals surface area contributed by atoms with Gasteiger partial charge in [-0.1, -0.05) is 12.1 Å². The molecule has 1 aromatic rings. The maximum absolute atomic E-state index is 11.4. The Morgan fingerprint density at radius 1 is 1.53 bits per heavy atom. The number of amides is 2. The lowest BCUT2D eigenvalue weighted by Crippen LogP contribution is -2.45. The fourth-order valence-corrected chi connectivity index (χ4v) is 1.60. The maximum atomic E-state index is 11.4. The number of nitrogens with zero attached hydrogens (tertiary/aromatic N) is 1. The Morgan fingerprint density at radius 2 is 2.21 bits per heavy atom. The molecular weight excluding hydrogens is 274 g/mol. The van der Waals surface area contributed by atoms with E-state index in [1.54, 1.807) is 24.3 Å². The summed E-state index contributed by atoms with van der Waals surface area (Å²) >= 11 is 0. The fraction of sp³-hybridized carbons (Fsp3) is 0.300. The van der Waals surface area contributed by atoms with Crippen LogP contribution in [0.3, 0.4) is 0 Å². The van der Waals surface area contributed by atoms with Gasteiger partial charge < -0.3 is 10.1 Å². The van der Waals surface area contributed by atoms with E-state index in [2.05, 4.69) is 0 Å². The molecular formula is C10H15N3O5S. The van der Waals surface area contributed by atoms with E-state index < -0.39 is 22.0 Å². The number of urea groups is 1. The second-order valence-electron chi connectivity index (χ2n) is 3.69. The molecule has 0 saturated heterocycles. The molecule has 0 aliphatic rings. The van der Waals surface area contributed by atoms with Crippen LogP contribution in [0.15, 0.2) is 24.3 Å². The third-order valence-corrected chi connectivity index (χ3v) is 2.66. The first-order valence-electron chi connectivity index (χ1n) is 5.20. The number of hydrogen-bond donors (Lipinski definition) is 3. The van der Waals surface area contributed by atoms with Crippen LogP contribution in [0.2, 0.25) is 0 Å². The van der Waals surface area contributed by atoms with Crippen LogP contribution in [0.4, 0.5) is 4.79 Å². The first kappa shape index (κ1) is 15.2. The summed E-state index contributed by atoms with van der Waals surface area (Å²) in [5.41, 5.74) is 0.712. The van der Waals surface area contributed by atoms with Crippen LogP contribution in [0, 0.1) is 0 Å². The zero-order valence-corrected chi connectivity index (χ0v) is 11.1. The summed E-state index contributed by atoms with van der Waals surface area (Å²) in [4.78, 5) is 11.4. The molecule has 2 amide bonds. The third kappa shape index (κ3) is 5.55. The Bertz CT molecular complexity index is 546. The number of rotatable bonds is 5. The lowest BCUT2D eigenvalue weighted by atomic mass is 10.2. The van der Waals surface area contributed by atoms with E-state index in [-0.39, 0.29) is 6.54 Å². The van der Waals surface area contributed by atoms with Crippen LogP contribution in [-0.4, -0.2) is 37.0 Å². The summed E-state index contributed by atoms with van der Waals surface area (Å²) in [5.74, 6) is 5.20. The molecule has 0 saturated carbocycles. The van der Waals surface area contributed by atoms with Crippen LogP contribution in [0.5, 0.6) is 5.75 Å². The van der Waals surface area contributed by atoms with E-state index in [0.29, 0.717) is 11.3 Å². The number of nitrogens with two attached hydrogens (primary N) is 1. The minimum atomic E-state index is -4.27. The van der Waals surface area contributed by atoms with Crippen molar-refractivity contribution >= 4 is 16.1 Å². The van der Waals surface area contributed by atoms with Crippen molar-refractivity contribution in [1.29, 1.82) is 0 Å². The summed E-state index contributed by atoms with van der Waals surface area (Å²) in [6.45, 7) is 0.0640. The van der Waals surface area contributed by atoms with Gasteiger partial charge in [-0.15, -0.1) is 0 Å². The van der Waals surface area contributed by atoms with Gasteiger partial charge in [0, 0.05) is 0 Å². The molecule has 0 aromatic heterocycles. The molecule has 0 atom stereocenters. The normalized spacial score (nSPS) is 10.9. The monoisotopic (exact) mass is 289 g/mol. The number of nitrogens with one attached hydrogen (secondary N) is 1. The molecule has 0 aliphatic carbocycles. The van der Waals surface area contributed by atoms with Gasteiger partial charge >= 0.3 is 6.03 Å². The third-order valence-electron chi connectivity index (χ3n) is 2.15. The number of ether oxygens (including phenoxy) is 1. The van der Waals surface area contributed by atoms with E-state index in [9.17, 15) is 13.2 Å². The van der Waals surface area contributed by atoms with Gasteiger partial charge in [-0.05, 0) is 17.7 Å². The van der Waals surface area contributed by atoms with Gasteiger partial charge in [-0.2, -0.15) is 8.42 Å². The van der Waals surface area contributed by atoms with E-state index in [1.807, 2.05) is 5.32 Å². The van der Waals surface area contributed by atoms with Crippen LogP contribution in [0.1, 0.15) is 5.56 Å². The maximum Gasteiger partial charge on any atom is 0.332 e. The number of carbonyl (C=O) groups is 1. The predicted octanol–water partition coefficient (Wildman–Crippen LogP) is -0.0742. The Hall–Kier alpha value is -1.84. The standard InChI is InChI=1S/C10H15N3O5S/c1-18-9-4-2-3-8(5-9)6-13(11)10(14)12-7-19(15,16)17/h2-5H,6-7,11H2,1H3,(H,12,14)(H,15,16,17). The Morgan fingerprint density at radius 3 is 2.79 bits per heavy atom. The number of methoxy groups -OCH3 is 1. The SMILES string of the molecule is COc1cccc(CN(N)C(=O)NCS(=O)(=O)O)c1. The molecule has 0 heterocycles. The second-order valence-corrected chi connectivity index (χ2v) is 5.14. The Kier molecular flexibility index (Phi) is 5.10. The van der Waals surface area contributed by atoms with Crippen molar-refractivity contribution < 1.29 is 22.5 Å². The van der Waals surface area contributed by atoms with Crippen molar-refractivity contribution in [1.82, 2.24) is 10.3 Å². The fourth-order valence-electron chi connectivity index (χ4n) is 1.29. The highest BCUT2D eigenvalue weighted by atomic mass is 32.2. The van der Waals surface area contributed by atoms with E-state index in [0.717, 1.165) is 5.01 Å². The summed E-state index contributed by atoms with van der Waals surface area (Å²) in [5, 5.41) is 2.76. The average Bonchev–Trinajstić information content (AvgIpc) is 2.35. The van der Waals surface area contributed by atoms with Gasteiger partial charge in [0.15, 0.2) is 0 Å². The first-order chi connectivity index (χ1) is 8.81.